The first-order valence-corrected chi connectivity index (χ1v) is 32.5. The third-order valence-electron chi connectivity index (χ3n) is 20.8. The van der Waals surface area contributed by atoms with E-state index in [-0.39, 0.29) is 10.8 Å². The molecule has 0 fully saturated rings. The van der Waals surface area contributed by atoms with Crippen LogP contribution in [0.1, 0.15) is 55.5 Å². The lowest BCUT2D eigenvalue weighted by Gasteiger charge is -2.26. The molecule has 4 heteroatoms. The predicted octanol–water partition coefficient (Wildman–Crippen LogP) is 25.3. The van der Waals surface area contributed by atoms with Crippen LogP contribution in [0.25, 0.3) is 131 Å². The summed E-state index contributed by atoms with van der Waals surface area (Å²) in [7, 11) is 0. The summed E-state index contributed by atoms with van der Waals surface area (Å²) in [5, 5.41) is 14.3. The van der Waals surface area contributed by atoms with Gasteiger partial charge in [0.2, 0.25) is 0 Å². The van der Waals surface area contributed by atoms with Crippen LogP contribution < -0.4 is 9.80 Å². The Morgan fingerprint density at radius 2 is 0.720 bits per heavy atom. The predicted molar refractivity (Wildman–Crippen MR) is 391 cm³/mol. The fourth-order valence-corrected chi connectivity index (χ4v) is 16.5. The van der Waals surface area contributed by atoms with Crippen LogP contribution in [0.3, 0.4) is 0 Å². The normalized spacial score (nSPS) is 13.6. The van der Waals surface area contributed by atoms with Gasteiger partial charge in [-0.1, -0.05) is 222 Å². The fraction of sp³-hybridized carbons (Fsp3) is 0.0787. The number of hydrogen-bond acceptors (Lipinski definition) is 4. The van der Waals surface area contributed by atoms with E-state index >= 15 is 0 Å². The second-order valence-corrected chi connectivity index (χ2v) is 26.7. The third kappa shape index (κ3) is 7.79. The van der Waals surface area contributed by atoms with Gasteiger partial charge < -0.3 is 18.6 Å². The molecule has 0 amide bonds. The van der Waals surface area contributed by atoms with Gasteiger partial charge in [-0.15, -0.1) is 0 Å². The topological polar surface area (TPSA) is 32.8 Å². The van der Waals surface area contributed by atoms with E-state index in [0.29, 0.717) is 0 Å². The minimum Gasteiger partial charge on any atom is -0.454 e. The van der Waals surface area contributed by atoms with E-state index < -0.39 is 0 Å². The van der Waals surface area contributed by atoms with Gasteiger partial charge in [-0.3, -0.25) is 0 Å². The van der Waals surface area contributed by atoms with Crippen molar-refractivity contribution in [1.82, 2.24) is 0 Å². The van der Waals surface area contributed by atoms with Gasteiger partial charge in [0.15, 0.2) is 11.2 Å². The zero-order valence-electron chi connectivity index (χ0n) is 52.3. The van der Waals surface area contributed by atoms with Crippen molar-refractivity contribution in [2.24, 2.45) is 0 Å². The van der Waals surface area contributed by atoms with Gasteiger partial charge in [-0.25, -0.2) is 0 Å². The van der Waals surface area contributed by atoms with Crippen LogP contribution in [0.5, 0.6) is 0 Å². The molecule has 0 N–H and O–H groups in total. The van der Waals surface area contributed by atoms with Gasteiger partial charge in [-0.2, -0.15) is 0 Å². The van der Waals surface area contributed by atoms with Crippen molar-refractivity contribution < 1.29 is 8.83 Å². The molecule has 0 spiro atoms. The molecule has 440 valence electrons. The van der Waals surface area contributed by atoms with Crippen LogP contribution in [0, 0.1) is 6.92 Å². The van der Waals surface area contributed by atoms with Crippen LogP contribution >= 0.6 is 0 Å². The molecule has 19 rings (SSSR count). The molecule has 2 heterocycles. The van der Waals surface area contributed by atoms with E-state index in [1.807, 2.05) is 0 Å². The third-order valence-corrected chi connectivity index (χ3v) is 20.8. The largest absolute Gasteiger partial charge is 0.454 e. The zero-order chi connectivity index (χ0) is 62.0. The summed E-state index contributed by atoms with van der Waals surface area (Å²) < 4.78 is 14.4. The second-order valence-electron chi connectivity index (χ2n) is 26.7. The lowest BCUT2D eigenvalue weighted by Crippen LogP contribution is -2.15. The maximum Gasteiger partial charge on any atom is 0.159 e. The van der Waals surface area contributed by atoms with E-state index in [4.69, 9.17) is 8.83 Å². The summed E-state index contributed by atoms with van der Waals surface area (Å²) in [5.74, 6) is 0. The summed E-state index contributed by atoms with van der Waals surface area (Å²) >= 11 is 0. The van der Waals surface area contributed by atoms with Crippen molar-refractivity contribution in [1.29, 1.82) is 0 Å². The summed E-state index contributed by atoms with van der Waals surface area (Å²) in [4.78, 5) is 4.73. The van der Waals surface area contributed by atoms with Crippen molar-refractivity contribution in [3.05, 3.63) is 313 Å². The molecule has 0 saturated carbocycles. The Bertz CT molecular complexity index is 6010. The van der Waals surface area contributed by atoms with E-state index in [9.17, 15) is 0 Å². The first kappa shape index (κ1) is 53.4. The van der Waals surface area contributed by atoms with Crippen LogP contribution in [0.15, 0.2) is 294 Å². The number of nitrogens with zero attached hydrogens (tertiary/aromatic N) is 2. The number of rotatable bonds is 8. The summed E-state index contributed by atoms with van der Waals surface area (Å²) in [6, 6.07) is 105. The Balaban J connectivity index is 0.735. The molecular weight excluding hydrogens is 1130 g/mol. The molecule has 2 aliphatic rings. The highest BCUT2D eigenvalue weighted by Gasteiger charge is 2.39. The molecule has 4 nitrogen and oxygen atoms in total. The Labute approximate surface area is 539 Å². The summed E-state index contributed by atoms with van der Waals surface area (Å²) in [6.45, 7) is 11.7. The number of anilines is 6. The number of hydrogen-bond donors (Lipinski definition) is 0. The molecule has 17 aromatic rings. The van der Waals surface area contributed by atoms with E-state index in [2.05, 4.69) is 330 Å². The Kier molecular flexibility index (Phi) is 11.3. The average molecular weight is 1190 g/mol. The van der Waals surface area contributed by atoms with Gasteiger partial charge in [0, 0.05) is 60.7 Å². The molecule has 0 atom stereocenters. The Morgan fingerprint density at radius 3 is 1.33 bits per heavy atom. The van der Waals surface area contributed by atoms with Crippen molar-refractivity contribution in [3.8, 4) is 44.5 Å². The molecule has 0 unspecified atom stereocenters. The molecule has 15 aromatic carbocycles. The first-order valence-electron chi connectivity index (χ1n) is 32.5. The fourth-order valence-electron chi connectivity index (χ4n) is 16.5. The molecule has 0 bridgehead atoms. The van der Waals surface area contributed by atoms with Gasteiger partial charge >= 0.3 is 0 Å². The maximum atomic E-state index is 7.56. The first-order chi connectivity index (χ1) is 45.5. The molecule has 0 radical (unpaired) electrons. The van der Waals surface area contributed by atoms with Crippen LogP contribution in [0.4, 0.5) is 34.1 Å². The maximum absolute atomic E-state index is 7.56. The van der Waals surface area contributed by atoms with Crippen molar-refractivity contribution in [2.75, 3.05) is 9.80 Å². The number of benzene rings is 15. The molecular formula is C89H62N2O2. The number of fused-ring (bicyclic) bond motifs is 18. The van der Waals surface area contributed by atoms with Gasteiger partial charge in [0.25, 0.3) is 0 Å². The minimum atomic E-state index is -0.321. The highest BCUT2D eigenvalue weighted by molar-refractivity contribution is 6.18. The van der Waals surface area contributed by atoms with E-state index in [1.165, 1.54) is 93.2 Å². The average Bonchev–Trinajstić information content (AvgIpc) is 1.59. The summed E-state index contributed by atoms with van der Waals surface area (Å²) in [5.41, 5.74) is 25.5. The number of para-hydroxylation sites is 5. The highest BCUT2D eigenvalue weighted by atomic mass is 16.3. The summed E-state index contributed by atoms with van der Waals surface area (Å²) in [6.07, 6.45) is 0. The standard InChI is InChI=1S/C89H62N2O2/c1-53-21-17-32-71-72-33-19-35-79(85(72)92-84(53)71)90(60-25-11-7-12-26-60)62-40-38-57-50-76-70-45-43-66-65(30-18-31-68(66)83(70)89(4,5)78(76)52-59(57)48-62)67-44-46-74-73-34-20-36-80(86(73)93-87(74)81(67)55-23-9-6-10-24-55)91(61-27-13-8-14-28-61)63-41-37-56-49-75-69-42-39-54-22-15-16-29-64(54)82(69)88(2,3)77(75)51-58(56)47-63/h6-52H,1-5H3. The van der Waals surface area contributed by atoms with Crippen LogP contribution in [-0.2, 0) is 10.8 Å². The van der Waals surface area contributed by atoms with Crippen LogP contribution in [0.2, 0.25) is 0 Å². The van der Waals surface area contributed by atoms with Crippen molar-refractivity contribution in [3.63, 3.8) is 0 Å². The van der Waals surface area contributed by atoms with E-state index in [1.54, 1.807) is 0 Å². The highest BCUT2D eigenvalue weighted by Crippen LogP contribution is 2.57. The molecule has 0 saturated heterocycles. The molecule has 0 aliphatic heterocycles. The smallest absolute Gasteiger partial charge is 0.159 e. The number of aryl methyl sites for hydroxylation is 1. The Morgan fingerprint density at radius 1 is 0.269 bits per heavy atom. The monoisotopic (exact) mass is 1190 g/mol. The Hall–Kier alpha value is -11.5. The SMILES string of the molecule is Cc1cccc2c1oc1c(N(c3ccccc3)c3ccc4cc5c(cc4c3)C(C)(C)c3c-5ccc4c(-c5ccc6c(oc7c(N(c8ccccc8)c8ccc9cc%10c(cc9c8)C(C)(C)c8c-%10ccc9ccccc89)cccc76)c5-c5ccccc5)cccc34)cccc12. The lowest BCUT2D eigenvalue weighted by atomic mass is 9.79. The molecule has 93 heavy (non-hydrogen) atoms. The van der Waals surface area contributed by atoms with Gasteiger partial charge in [0.05, 0.1) is 11.4 Å². The molecule has 2 aromatic heterocycles. The van der Waals surface area contributed by atoms with E-state index in [0.717, 1.165) is 100 Å². The zero-order valence-corrected chi connectivity index (χ0v) is 52.3. The van der Waals surface area contributed by atoms with Gasteiger partial charge in [0.1, 0.15) is 11.2 Å². The van der Waals surface area contributed by atoms with Crippen molar-refractivity contribution >= 4 is 121 Å². The minimum absolute atomic E-state index is 0.178. The van der Waals surface area contributed by atoms with Crippen molar-refractivity contribution in [2.45, 2.75) is 45.4 Å². The van der Waals surface area contributed by atoms with Gasteiger partial charge in [-0.05, 0) is 208 Å². The molecule has 2 aliphatic carbocycles. The second kappa shape index (κ2) is 19.8. The number of furan rings is 2. The quantitative estimate of drug-likeness (QED) is 0.152. The van der Waals surface area contributed by atoms with Crippen LogP contribution in [-0.4, -0.2) is 0 Å². The lowest BCUT2D eigenvalue weighted by molar-refractivity contribution is 0.666.